The zero-order chi connectivity index (χ0) is 14.2. The molecule has 0 aliphatic carbocycles. The van der Waals surface area contributed by atoms with Crippen molar-refractivity contribution >= 4 is 15.9 Å². The van der Waals surface area contributed by atoms with Crippen LogP contribution in [0.4, 0.5) is 0 Å². The van der Waals surface area contributed by atoms with Crippen LogP contribution in [-0.2, 0) is 13.5 Å². The lowest BCUT2D eigenvalue weighted by molar-refractivity contribution is 0.175. The number of hydrogen-bond acceptors (Lipinski definition) is 3. The fourth-order valence-electron chi connectivity index (χ4n) is 2.01. The molecule has 1 atom stereocenters. The second kappa shape index (κ2) is 5.46. The molecular formula is C13H19BrN4O. The first kappa shape index (κ1) is 14.3. The average molecular weight is 327 g/mol. The van der Waals surface area contributed by atoms with Gasteiger partial charge in [-0.15, -0.1) is 0 Å². The third-order valence-corrected chi connectivity index (χ3v) is 4.22. The van der Waals surface area contributed by atoms with Crippen molar-refractivity contribution in [2.45, 2.75) is 39.3 Å². The first-order chi connectivity index (χ1) is 8.90. The fraction of sp³-hybridized carbons (Fsp3) is 0.538. The van der Waals surface area contributed by atoms with Gasteiger partial charge in [0.15, 0.2) is 0 Å². The maximum atomic E-state index is 10.3. The molecule has 0 fully saturated rings. The van der Waals surface area contributed by atoms with Gasteiger partial charge in [-0.2, -0.15) is 10.2 Å². The van der Waals surface area contributed by atoms with Crippen molar-refractivity contribution in [2.75, 3.05) is 0 Å². The lowest BCUT2D eigenvalue weighted by Gasteiger charge is -2.09. The Morgan fingerprint density at radius 2 is 2.11 bits per heavy atom. The van der Waals surface area contributed by atoms with Gasteiger partial charge in [0, 0.05) is 31.3 Å². The minimum Gasteiger partial charge on any atom is -0.388 e. The molecular weight excluding hydrogens is 308 g/mol. The van der Waals surface area contributed by atoms with Gasteiger partial charge in [0.2, 0.25) is 0 Å². The van der Waals surface area contributed by atoms with E-state index in [1.165, 1.54) is 0 Å². The first-order valence-electron chi connectivity index (χ1n) is 6.30. The summed E-state index contributed by atoms with van der Waals surface area (Å²) in [5.74, 6) is 0. The maximum absolute atomic E-state index is 10.3. The molecule has 1 N–H and O–H groups in total. The number of aliphatic hydroxyl groups is 1. The zero-order valence-electron chi connectivity index (χ0n) is 11.6. The van der Waals surface area contributed by atoms with Gasteiger partial charge in [-0.25, -0.2) is 0 Å². The minimum atomic E-state index is -0.571. The Morgan fingerprint density at radius 3 is 2.58 bits per heavy atom. The summed E-state index contributed by atoms with van der Waals surface area (Å²) in [5, 5.41) is 18.9. The Morgan fingerprint density at radius 1 is 1.42 bits per heavy atom. The molecule has 0 saturated carbocycles. The Bertz CT molecular complexity index is 573. The van der Waals surface area contributed by atoms with E-state index in [1.54, 1.807) is 10.9 Å². The molecule has 6 heteroatoms. The van der Waals surface area contributed by atoms with Gasteiger partial charge in [-0.3, -0.25) is 9.36 Å². The summed E-state index contributed by atoms with van der Waals surface area (Å²) in [6, 6.07) is 0.298. The van der Waals surface area contributed by atoms with Crippen molar-refractivity contribution in [3.63, 3.8) is 0 Å². The summed E-state index contributed by atoms with van der Waals surface area (Å²) >= 11 is 3.52. The Hall–Kier alpha value is -1.14. The molecule has 2 rings (SSSR count). The highest BCUT2D eigenvalue weighted by Crippen LogP contribution is 2.26. The second-order valence-corrected chi connectivity index (χ2v) is 5.83. The van der Waals surface area contributed by atoms with Gasteiger partial charge >= 0.3 is 0 Å². The third-order valence-electron chi connectivity index (χ3n) is 3.18. The summed E-state index contributed by atoms with van der Waals surface area (Å²) in [7, 11) is 1.89. The van der Waals surface area contributed by atoms with E-state index in [1.807, 2.05) is 24.9 Å². The topological polar surface area (TPSA) is 55.9 Å². The summed E-state index contributed by atoms with van der Waals surface area (Å²) in [4.78, 5) is 0. The predicted molar refractivity (Wildman–Crippen MR) is 76.9 cm³/mol. The third kappa shape index (κ3) is 2.90. The summed E-state index contributed by atoms with van der Waals surface area (Å²) in [5.41, 5.74) is 2.75. The molecule has 0 aromatic carbocycles. The van der Waals surface area contributed by atoms with E-state index in [4.69, 9.17) is 0 Å². The standard InChI is InChI=1S/C13H19BrN4O/c1-8(2)18-7-10(6-15-18)12(19)5-11-13(14)9(3)16-17(11)4/h6-8,12,19H,5H2,1-4H3. The quantitative estimate of drug-likeness (QED) is 0.939. The highest BCUT2D eigenvalue weighted by molar-refractivity contribution is 9.10. The maximum Gasteiger partial charge on any atom is 0.0876 e. The van der Waals surface area contributed by atoms with E-state index in [0.717, 1.165) is 21.4 Å². The van der Waals surface area contributed by atoms with Crippen molar-refractivity contribution in [2.24, 2.45) is 7.05 Å². The monoisotopic (exact) mass is 326 g/mol. The smallest absolute Gasteiger partial charge is 0.0876 e. The van der Waals surface area contributed by atoms with Crippen LogP contribution < -0.4 is 0 Å². The highest BCUT2D eigenvalue weighted by Gasteiger charge is 2.17. The number of rotatable bonds is 4. The van der Waals surface area contributed by atoms with Crippen LogP contribution in [0.1, 0.15) is 42.9 Å². The number of hydrogen-bond donors (Lipinski definition) is 1. The first-order valence-corrected chi connectivity index (χ1v) is 7.09. The van der Waals surface area contributed by atoms with Crippen LogP contribution in [0.25, 0.3) is 0 Å². The van der Waals surface area contributed by atoms with Crippen molar-refractivity contribution < 1.29 is 5.11 Å². The highest BCUT2D eigenvalue weighted by atomic mass is 79.9. The van der Waals surface area contributed by atoms with Crippen LogP contribution in [0.3, 0.4) is 0 Å². The normalized spacial score (nSPS) is 13.2. The van der Waals surface area contributed by atoms with Gasteiger partial charge in [0.1, 0.15) is 0 Å². The van der Waals surface area contributed by atoms with E-state index in [9.17, 15) is 5.11 Å². The molecule has 2 aromatic rings. The molecule has 5 nitrogen and oxygen atoms in total. The Kier molecular flexibility index (Phi) is 4.10. The van der Waals surface area contributed by atoms with Crippen LogP contribution in [0.2, 0.25) is 0 Å². The van der Waals surface area contributed by atoms with Gasteiger partial charge in [0.25, 0.3) is 0 Å². The number of nitrogens with zero attached hydrogens (tertiary/aromatic N) is 4. The molecule has 1 unspecified atom stereocenters. The lowest BCUT2D eigenvalue weighted by atomic mass is 10.1. The lowest BCUT2D eigenvalue weighted by Crippen LogP contribution is -2.06. The summed E-state index contributed by atoms with van der Waals surface area (Å²) in [6.07, 6.45) is 3.56. The molecule has 0 aliphatic heterocycles. The van der Waals surface area contributed by atoms with E-state index < -0.39 is 6.10 Å². The molecule has 2 aromatic heterocycles. The van der Waals surface area contributed by atoms with Crippen LogP contribution >= 0.6 is 15.9 Å². The molecule has 0 radical (unpaired) electrons. The van der Waals surface area contributed by atoms with Crippen molar-refractivity contribution in [1.82, 2.24) is 19.6 Å². The predicted octanol–water partition coefficient (Wildman–Crippen LogP) is 2.54. The molecule has 104 valence electrons. The fourth-order valence-corrected chi connectivity index (χ4v) is 2.51. The Labute approximate surface area is 121 Å². The number of aliphatic hydroxyl groups excluding tert-OH is 1. The average Bonchev–Trinajstić information content (AvgIpc) is 2.91. The van der Waals surface area contributed by atoms with E-state index in [-0.39, 0.29) is 0 Å². The molecule has 0 aliphatic rings. The number of aryl methyl sites for hydroxylation is 2. The van der Waals surface area contributed by atoms with Crippen molar-refractivity contribution in [1.29, 1.82) is 0 Å². The van der Waals surface area contributed by atoms with Crippen molar-refractivity contribution in [3.8, 4) is 0 Å². The van der Waals surface area contributed by atoms with Gasteiger partial charge < -0.3 is 5.11 Å². The molecule has 0 amide bonds. The zero-order valence-corrected chi connectivity index (χ0v) is 13.2. The number of aromatic nitrogens is 4. The summed E-state index contributed by atoms with van der Waals surface area (Å²) < 4.78 is 4.61. The molecule has 0 saturated heterocycles. The van der Waals surface area contributed by atoms with Gasteiger partial charge in [-0.1, -0.05) is 0 Å². The molecule has 19 heavy (non-hydrogen) atoms. The molecule has 2 heterocycles. The van der Waals surface area contributed by atoms with E-state index >= 15 is 0 Å². The van der Waals surface area contributed by atoms with Crippen LogP contribution in [-0.4, -0.2) is 24.7 Å². The largest absolute Gasteiger partial charge is 0.388 e. The van der Waals surface area contributed by atoms with Gasteiger partial charge in [0.05, 0.1) is 28.2 Å². The molecule has 0 spiro atoms. The number of halogens is 1. The van der Waals surface area contributed by atoms with Crippen molar-refractivity contribution in [3.05, 3.63) is 33.8 Å². The molecule has 0 bridgehead atoms. The van der Waals surface area contributed by atoms with Crippen LogP contribution in [0.5, 0.6) is 0 Å². The summed E-state index contributed by atoms with van der Waals surface area (Å²) in [6.45, 7) is 6.06. The minimum absolute atomic E-state index is 0.298. The second-order valence-electron chi connectivity index (χ2n) is 5.04. The van der Waals surface area contributed by atoms with Gasteiger partial charge in [-0.05, 0) is 36.7 Å². The van der Waals surface area contributed by atoms with E-state index in [2.05, 4.69) is 40.0 Å². The SMILES string of the molecule is Cc1nn(C)c(CC(O)c2cnn(C(C)C)c2)c1Br. The van der Waals surface area contributed by atoms with Crippen LogP contribution in [0.15, 0.2) is 16.9 Å². The van der Waals surface area contributed by atoms with E-state index in [0.29, 0.717) is 12.5 Å². The Balaban J connectivity index is 2.18. The van der Waals surface area contributed by atoms with Crippen LogP contribution in [0, 0.1) is 6.92 Å².